The van der Waals surface area contributed by atoms with Gasteiger partial charge in [-0.05, 0) is 57.2 Å². The highest BCUT2D eigenvalue weighted by Gasteiger charge is 2.30. The lowest BCUT2D eigenvalue weighted by Gasteiger charge is -2.35. The Bertz CT molecular complexity index is 739. The van der Waals surface area contributed by atoms with Gasteiger partial charge >= 0.3 is 6.03 Å². The van der Waals surface area contributed by atoms with E-state index in [4.69, 9.17) is 0 Å². The van der Waals surface area contributed by atoms with Crippen molar-refractivity contribution in [1.82, 2.24) is 14.7 Å². The van der Waals surface area contributed by atoms with Crippen LogP contribution in [0.15, 0.2) is 24.3 Å². The summed E-state index contributed by atoms with van der Waals surface area (Å²) in [5.41, 5.74) is 1.68. The Morgan fingerprint density at radius 3 is 2.23 bits per heavy atom. The van der Waals surface area contributed by atoms with Gasteiger partial charge in [0.1, 0.15) is 0 Å². The van der Waals surface area contributed by atoms with Crippen molar-refractivity contribution in [3.05, 3.63) is 29.8 Å². The van der Waals surface area contributed by atoms with Crippen molar-refractivity contribution < 1.29 is 14.4 Å². The first-order valence-electron chi connectivity index (χ1n) is 11.2. The Morgan fingerprint density at radius 2 is 1.60 bits per heavy atom. The SMILES string of the molecule is CCN(CC)C(=O)N1CCCC(C(=O)Nc2ccc(CC(=O)N3CCCC3)cc2)C1. The molecule has 2 aliphatic rings. The van der Waals surface area contributed by atoms with Gasteiger partial charge in [-0.2, -0.15) is 0 Å². The second kappa shape index (κ2) is 10.5. The quantitative estimate of drug-likeness (QED) is 0.778. The number of urea groups is 1. The normalized spacial score (nSPS) is 18.9. The van der Waals surface area contributed by atoms with E-state index < -0.39 is 0 Å². The second-order valence-corrected chi connectivity index (χ2v) is 8.19. The number of carbonyl (C=O) groups excluding carboxylic acids is 3. The molecule has 0 saturated carbocycles. The van der Waals surface area contributed by atoms with E-state index >= 15 is 0 Å². The third-order valence-corrected chi connectivity index (χ3v) is 6.13. The highest BCUT2D eigenvalue weighted by molar-refractivity contribution is 5.93. The van der Waals surface area contributed by atoms with E-state index in [1.165, 1.54) is 0 Å². The van der Waals surface area contributed by atoms with Gasteiger partial charge in [0, 0.05) is 45.0 Å². The van der Waals surface area contributed by atoms with Crippen molar-refractivity contribution in [1.29, 1.82) is 0 Å². The van der Waals surface area contributed by atoms with E-state index in [9.17, 15) is 14.4 Å². The molecule has 1 aromatic carbocycles. The minimum atomic E-state index is -0.199. The summed E-state index contributed by atoms with van der Waals surface area (Å²) < 4.78 is 0. The summed E-state index contributed by atoms with van der Waals surface area (Å²) in [7, 11) is 0. The van der Waals surface area contributed by atoms with Gasteiger partial charge in [-0.3, -0.25) is 9.59 Å². The van der Waals surface area contributed by atoms with Gasteiger partial charge in [0.2, 0.25) is 11.8 Å². The van der Waals surface area contributed by atoms with Gasteiger partial charge in [-0.25, -0.2) is 4.79 Å². The number of likely N-dealkylation sites (tertiary alicyclic amines) is 2. The third-order valence-electron chi connectivity index (χ3n) is 6.13. The first-order chi connectivity index (χ1) is 14.5. The van der Waals surface area contributed by atoms with Crippen LogP contribution in [0.1, 0.15) is 45.1 Å². The number of amides is 4. The van der Waals surface area contributed by atoms with Crippen LogP contribution in [0.25, 0.3) is 0 Å². The zero-order valence-electron chi connectivity index (χ0n) is 18.2. The molecule has 0 bridgehead atoms. The lowest BCUT2D eigenvalue weighted by molar-refractivity contribution is -0.129. The van der Waals surface area contributed by atoms with Crippen molar-refractivity contribution in [2.24, 2.45) is 5.92 Å². The molecule has 3 rings (SSSR count). The minimum Gasteiger partial charge on any atom is -0.342 e. The third kappa shape index (κ3) is 5.52. The van der Waals surface area contributed by atoms with Crippen LogP contribution in [0, 0.1) is 5.92 Å². The van der Waals surface area contributed by atoms with E-state index in [0.29, 0.717) is 32.6 Å². The lowest BCUT2D eigenvalue weighted by atomic mass is 9.97. The molecule has 2 heterocycles. The average Bonchev–Trinajstić information content (AvgIpc) is 3.31. The molecule has 0 aliphatic carbocycles. The number of nitrogens with one attached hydrogen (secondary N) is 1. The molecule has 4 amide bonds. The molecule has 30 heavy (non-hydrogen) atoms. The van der Waals surface area contributed by atoms with E-state index in [0.717, 1.165) is 50.0 Å². The summed E-state index contributed by atoms with van der Waals surface area (Å²) in [6, 6.07) is 7.53. The van der Waals surface area contributed by atoms with Gasteiger partial charge < -0.3 is 20.0 Å². The summed E-state index contributed by atoms with van der Waals surface area (Å²) in [4.78, 5) is 43.2. The van der Waals surface area contributed by atoms with Gasteiger partial charge in [0.05, 0.1) is 12.3 Å². The molecule has 7 nitrogen and oxygen atoms in total. The number of carbonyl (C=O) groups is 3. The Morgan fingerprint density at radius 1 is 0.967 bits per heavy atom. The van der Waals surface area contributed by atoms with Crippen LogP contribution in [0.4, 0.5) is 10.5 Å². The van der Waals surface area contributed by atoms with Crippen molar-refractivity contribution in [3.63, 3.8) is 0 Å². The van der Waals surface area contributed by atoms with Crippen LogP contribution in [0.3, 0.4) is 0 Å². The molecule has 7 heteroatoms. The zero-order valence-corrected chi connectivity index (χ0v) is 18.2. The number of nitrogens with zero attached hydrogens (tertiary/aromatic N) is 3. The molecule has 1 atom stereocenters. The highest BCUT2D eigenvalue weighted by Crippen LogP contribution is 2.21. The number of benzene rings is 1. The predicted molar refractivity (Wildman–Crippen MR) is 117 cm³/mol. The number of rotatable bonds is 6. The maximum atomic E-state index is 12.8. The summed E-state index contributed by atoms with van der Waals surface area (Å²) >= 11 is 0. The second-order valence-electron chi connectivity index (χ2n) is 8.19. The number of hydrogen-bond acceptors (Lipinski definition) is 3. The van der Waals surface area contributed by atoms with Gasteiger partial charge in [0.25, 0.3) is 0 Å². The first-order valence-corrected chi connectivity index (χ1v) is 11.2. The summed E-state index contributed by atoms with van der Waals surface area (Å²) in [5, 5.41) is 2.98. The maximum absolute atomic E-state index is 12.8. The Balaban J connectivity index is 1.52. The molecule has 2 fully saturated rings. The van der Waals surface area contributed by atoms with E-state index in [-0.39, 0.29) is 23.8 Å². The molecule has 2 saturated heterocycles. The molecule has 2 aliphatic heterocycles. The van der Waals surface area contributed by atoms with Gasteiger partial charge in [-0.15, -0.1) is 0 Å². The molecule has 1 aromatic rings. The maximum Gasteiger partial charge on any atom is 0.320 e. The van der Waals surface area contributed by atoms with Gasteiger partial charge in [-0.1, -0.05) is 12.1 Å². The Hall–Kier alpha value is -2.57. The topological polar surface area (TPSA) is 73.0 Å². The molecule has 1 N–H and O–H groups in total. The summed E-state index contributed by atoms with van der Waals surface area (Å²) in [6.45, 7) is 8.19. The van der Waals surface area contributed by atoms with Crippen LogP contribution in [0.5, 0.6) is 0 Å². The van der Waals surface area contributed by atoms with E-state index in [2.05, 4.69) is 5.32 Å². The summed E-state index contributed by atoms with van der Waals surface area (Å²) in [5.74, 6) is -0.0768. The van der Waals surface area contributed by atoms with Crippen LogP contribution in [-0.4, -0.2) is 71.8 Å². The first kappa shape index (κ1) is 22.1. The number of hydrogen-bond donors (Lipinski definition) is 1. The minimum absolute atomic E-state index is 0.0181. The van der Waals surface area contributed by atoms with Crippen LogP contribution in [-0.2, 0) is 16.0 Å². The van der Waals surface area contributed by atoms with Crippen LogP contribution in [0.2, 0.25) is 0 Å². The number of anilines is 1. The molecule has 0 spiro atoms. The van der Waals surface area contributed by atoms with Crippen LogP contribution >= 0.6 is 0 Å². The fourth-order valence-electron chi connectivity index (χ4n) is 4.26. The molecule has 1 unspecified atom stereocenters. The van der Waals surface area contributed by atoms with Crippen molar-refractivity contribution in [2.45, 2.75) is 46.0 Å². The molecular weight excluding hydrogens is 380 g/mol. The highest BCUT2D eigenvalue weighted by atomic mass is 16.2. The van der Waals surface area contributed by atoms with Crippen molar-refractivity contribution in [3.8, 4) is 0 Å². The van der Waals surface area contributed by atoms with Crippen LogP contribution < -0.4 is 5.32 Å². The Labute approximate surface area is 179 Å². The molecular formula is C23H34N4O3. The smallest absolute Gasteiger partial charge is 0.320 e. The Kier molecular flexibility index (Phi) is 7.71. The largest absolute Gasteiger partial charge is 0.342 e. The lowest BCUT2D eigenvalue weighted by Crippen LogP contribution is -2.49. The standard InChI is InChI=1S/C23H34N4O3/c1-3-25(4-2)23(30)27-15-7-8-19(17-27)22(29)24-20-11-9-18(10-12-20)16-21(28)26-13-5-6-14-26/h9-12,19H,3-8,13-17H2,1-2H3,(H,24,29). The predicted octanol–water partition coefficient (Wildman–Crippen LogP) is 2.96. The zero-order chi connectivity index (χ0) is 21.5. The summed E-state index contributed by atoms with van der Waals surface area (Å²) in [6.07, 6.45) is 4.21. The molecule has 164 valence electrons. The van der Waals surface area contributed by atoms with Crippen molar-refractivity contribution in [2.75, 3.05) is 44.6 Å². The monoisotopic (exact) mass is 414 g/mol. The average molecular weight is 415 g/mol. The number of piperidine rings is 1. The van der Waals surface area contributed by atoms with Gasteiger partial charge in [0.15, 0.2) is 0 Å². The van der Waals surface area contributed by atoms with Crippen molar-refractivity contribution >= 4 is 23.5 Å². The molecule has 0 radical (unpaired) electrons. The fraction of sp³-hybridized carbons (Fsp3) is 0.609. The van der Waals surface area contributed by atoms with E-state index in [1.54, 1.807) is 9.80 Å². The fourth-order valence-corrected chi connectivity index (χ4v) is 4.26. The van der Waals surface area contributed by atoms with E-state index in [1.807, 2.05) is 43.0 Å². The molecule has 0 aromatic heterocycles.